The molecule has 14 heavy (non-hydrogen) atoms. The standard InChI is InChI=1S/C9H9Cl2NO2/c10-7-4-6(5-12-9(7)11)2-1-3-8(13)14/h4-5H,1-3H2,(H,13,14). The van der Waals surface area contributed by atoms with Crippen LogP contribution < -0.4 is 0 Å². The van der Waals surface area contributed by atoms with Gasteiger partial charge in [-0.05, 0) is 24.5 Å². The molecule has 1 aromatic rings. The normalized spacial score (nSPS) is 10.1. The highest BCUT2D eigenvalue weighted by Crippen LogP contribution is 2.20. The Kier molecular flexibility index (Phi) is 4.17. The molecule has 0 spiro atoms. The second-order valence-electron chi connectivity index (χ2n) is 2.86. The summed E-state index contributed by atoms with van der Waals surface area (Å²) in [5.74, 6) is -0.794. The van der Waals surface area contributed by atoms with Crippen molar-refractivity contribution in [2.75, 3.05) is 0 Å². The molecular formula is C9H9Cl2NO2. The minimum Gasteiger partial charge on any atom is -0.481 e. The van der Waals surface area contributed by atoms with E-state index in [2.05, 4.69) is 4.98 Å². The Morgan fingerprint density at radius 2 is 2.21 bits per heavy atom. The molecule has 0 aliphatic rings. The van der Waals surface area contributed by atoms with Crippen molar-refractivity contribution in [1.82, 2.24) is 4.98 Å². The summed E-state index contributed by atoms with van der Waals surface area (Å²) in [7, 11) is 0. The van der Waals surface area contributed by atoms with E-state index in [9.17, 15) is 4.79 Å². The van der Waals surface area contributed by atoms with Gasteiger partial charge < -0.3 is 5.11 Å². The minimum absolute atomic E-state index is 0.153. The quantitative estimate of drug-likeness (QED) is 0.815. The molecule has 0 aliphatic heterocycles. The zero-order chi connectivity index (χ0) is 10.6. The first-order chi connectivity index (χ1) is 6.59. The molecule has 0 fully saturated rings. The summed E-state index contributed by atoms with van der Waals surface area (Å²) in [6.07, 6.45) is 2.99. The number of carboxylic acids is 1. The van der Waals surface area contributed by atoms with Crippen molar-refractivity contribution in [3.8, 4) is 0 Å². The lowest BCUT2D eigenvalue weighted by Crippen LogP contribution is -1.96. The molecule has 0 saturated heterocycles. The van der Waals surface area contributed by atoms with E-state index in [0.29, 0.717) is 17.9 Å². The maximum absolute atomic E-state index is 10.2. The van der Waals surface area contributed by atoms with Gasteiger partial charge in [-0.3, -0.25) is 4.79 Å². The van der Waals surface area contributed by atoms with Crippen molar-refractivity contribution < 1.29 is 9.90 Å². The largest absolute Gasteiger partial charge is 0.481 e. The predicted octanol–water partition coefficient (Wildman–Crippen LogP) is 2.80. The van der Waals surface area contributed by atoms with Gasteiger partial charge in [-0.15, -0.1) is 0 Å². The SMILES string of the molecule is O=C(O)CCCc1cnc(Cl)c(Cl)c1. The van der Waals surface area contributed by atoms with Crippen molar-refractivity contribution in [3.63, 3.8) is 0 Å². The number of aryl methyl sites for hydroxylation is 1. The van der Waals surface area contributed by atoms with Gasteiger partial charge in [-0.25, -0.2) is 4.98 Å². The molecule has 76 valence electrons. The van der Waals surface area contributed by atoms with Crippen LogP contribution in [0.1, 0.15) is 18.4 Å². The number of hydrogen-bond acceptors (Lipinski definition) is 2. The summed E-state index contributed by atoms with van der Waals surface area (Å²) >= 11 is 11.4. The van der Waals surface area contributed by atoms with Crippen LogP contribution in [0.15, 0.2) is 12.3 Å². The summed E-state index contributed by atoms with van der Waals surface area (Å²) in [6, 6.07) is 1.71. The van der Waals surface area contributed by atoms with Crippen LogP contribution in [0.5, 0.6) is 0 Å². The molecule has 0 unspecified atom stereocenters. The molecule has 0 bridgehead atoms. The van der Waals surface area contributed by atoms with Gasteiger partial charge in [-0.1, -0.05) is 23.2 Å². The fourth-order valence-electron chi connectivity index (χ4n) is 1.04. The van der Waals surface area contributed by atoms with Gasteiger partial charge in [0.05, 0.1) is 5.02 Å². The number of nitrogens with zero attached hydrogens (tertiary/aromatic N) is 1. The van der Waals surface area contributed by atoms with E-state index in [1.807, 2.05) is 0 Å². The van der Waals surface area contributed by atoms with Gasteiger partial charge in [-0.2, -0.15) is 0 Å². The topological polar surface area (TPSA) is 50.2 Å². The lowest BCUT2D eigenvalue weighted by atomic mass is 10.1. The van der Waals surface area contributed by atoms with Crippen molar-refractivity contribution >= 4 is 29.2 Å². The Labute approximate surface area is 91.7 Å². The van der Waals surface area contributed by atoms with Gasteiger partial charge in [0.2, 0.25) is 0 Å². The van der Waals surface area contributed by atoms with Gasteiger partial charge in [0.15, 0.2) is 0 Å². The van der Waals surface area contributed by atoms with Crippen LogP contribution in [0.4, 0.5) is 0 Å². The fraction of sp³-hybridized carbons (Fsp3) is 0.333. The highest BCUT2D eigenvalue weighted by molar-refractivity contribution is 6.41. The van der Waals surface area contributed by atoms with E-state index in [-0.39, 0.29) is 11.6 Å². The summed E-state index contributed by atoms with van der Waals surface area (Å²) in [5.41, 5.74) is 0.903. The van der Waals surface area contributed by atoms with Crippen LogP contribution in [0.2, 0.25) is 10.2 Å². The van der Waals surface area contributed by atoms with E-state index < -0.39 is 5.97 Å². The monoisotopic (exact) mass is 233 g/mol. The zero-order valence-corrected chi connectivity index (χ0v) is 8.85. The second-order valence-corrected chi connectivity index (χ2v) is 3.63. The van der Waals surface area contributed by atoms with Gasteiger partial charge in [0.1, 0.15) is 5.15 Å². The number of aliphatic carboxylic acids is 1. The first-order valence-corrected chi connectivity index (χ1v) is 4.87. The molecule has 5 heteroatoms. The first kappa shape index (κ1) is 11.3. The molecule has 0 aromatic carbocycles. The highest BCUT2D eigenvalue weighted by atomic mass is 35.5. The lowest BCUT2D eigenvalue weighted by Gasteiger charge is -2.00. The number of carboxylic acid groups (broad SMARTS) is 1. The van der Waals surface area contributed by atoms with Crippen LogP contribution in [-0.4, -0.2) is 16.1 Å². The number of pyridine rings is 1. The van der Waals surface area contributed by atoms with E-state index >= 15 is 0 Å². The second kappa shape index (κ2) is 5.17. The Bertz CT molecular complexity index is 342. The molecule has 1 aromatic heterocycles. The number of aromatic nitrogens is 1. The Morgan fingerprint density at radius 1 is 1.50 bits per heavy atom. The average Bonchev–Trinajstić information content (AvgIpc) is 2.10. The van der Waals surface area contributed by atoms with Crippen molar-refractivity contribution in [2.45, 2.75) is 19.3 Å². The third-order valence-corrected chi connectivity index (χ3v) is 2.40. The van der Waals surface area contributed by atoms with E-state index in [1.165, 1.54) is 0 Å². The first-order valence-electron chi connectivity index (χ1n) is 4.11. The summed E-state index contributed by atoms with van der Waals surface area (Å²) in [6.45, 7) is 0. The number of hydrogen-bond donors (Lipinski definition) is 1. The maximum atomic E-state index is 10.2. The van der Waals surface area contributed by atoms with Crippen molar-refractivity contribution in [1.29, 1.82) is 0 Å². The van der Waals surface area contributed by atoms with E-state index in [1.54, 1.807) is 12.3 Å². The van der Waals surface area contributed by atoms with Crippen molar-refractivity contribution in [2.24, 2.45) is 0 Å². The Hall–Kier alpha value is -0.800. The highest BCUT2D eigenvalue weighted by Gasteiger charge is 2.02. The van der Waals surface area contributed by atoms with Crippen LogP contribution in [-0.2, 0) is 11.2 Å². The molecule has 0 aliphatic carbocycles. The maximum Gasteiger partial charge on any atom is 0.303 e. The Balaban J connectivity index is 2.51. The molecule has 0 saturated carbocycles. The van der Waals surface area contributed by atoms with Gasteiger partial charge in [0, 0.05) is 12.6 Å². The minimum atomic E-state index is -0.794. The van der Waals surface area contributed by atoms with Crippen LogP contribution in [0.3, 0.4) is 0 Å². The average molecular weight is 234 g/mol. The van der Waals surface area contributed by atoms with Crippen LogP contribution >= 0.6 is 23.2 Å². The summed E-state index contributed by atoms with van der Waals surface area (Å²) < 4.78 is 0. The van der Waals surface area contributed by atoms with Gasteiger partial charge >= 0.3 is 5.97 Å². The fourth-order valence-corrected chi connectivity index (χ4v) is 1.33. The number of carbonyl (C=O) groups is 1. The smallest absolute Gasteiger partial charge is 0.303 e. The number of halogens is 2. The van der Waals surface area contributed by atoms with E-state index in [0.717, 1.165) is 5.56 Å². The molecule has 0 radical (unpaired) electrons. The third-order valence-electron chi connectivity index (χ3n) is 1.71. The molecule has 1 rings (SSSR count). The summed E-state index contributed by atoms with van der Waals surface area (Å²) in [4.78, 5) is 14.1. The Morgan fingerprint density at radius 3 is 2.79 bits per heavy atom. The van der Waals surface area contributed by atoms with Crippen LogP contribution in [0, 0.1) is 0 Å². The zero-order valence-electron chi connectivity index (χ0n) is 7.33. The van der Waals surface area contributed by atoms with Crippen LogP contribution in [0.25, 0.3) is 0 Å². The molecule has 3 nitrogen and oxygen atoms in total. The molecule has 1 heterocycles. The lowest BCUT2D eigenvalue weighted by molar-refractivity contribution is -0.137. The molecule has 0 atom stereocenters. The predicted molar refractivity (Wildman–Crippen MR) is 54.8 cm³/mol. The molecule has 0 amide bonds. The van der Waals surface area contributed by atoms with Gasteiger partial charge in [0.25, 0.3) is 0 Å². The molecular weight excluding hydrogens is 225 g/mol. The summed E-state index contributed by atoms with van der Waals surface area (Å²) in [5, 5.41) is 9.10. The van der Waals surface area contributed by atoms with Crippen molar-refractivity contribution in [3.05, 3.63) is 28.0 Å². The third kappa shape index (κ3) is 3.52. The molecule has 1 N–H and O–H groups in total. The number of rotatable bonds is 4. The van der Waals surface area contributed by atoms with E-state index in [4.69, 9.17) is 28.3 Å².